The van der Waals surface area contributed by atoms with Crippen LogP contribution in [0.25, 0.3) is 22.0 Å². The lowest BCUT2D eigenvalue weighted by Gasteiger charge is -2.26. The molecule has 0 spiro atoms. The van der Waals surface area contributed by atoms with Crippen LogP contribution in [0.1, 0.15) is 12.0 Å². The number of aryl methyl sites for hydroxylation is 2. The fourth-order valence-electron chi connectivity index (χ4n) is 4.96. The van der Waals surface area contributed by atoms with Crippen molar-refractivity contribution in [1.29, 1.82) is 0 Å². The highest BCUT2D eigenvalue weighted by molar-refractivity contribution is 6.03. The first-order valence-electron chi connectivity index (χ1n) is 11.7. The van der Waals surface area contributed by atoms with Crippen LogP contribution in [-0.2, 0) is 20.1 Å². The number of aromatic amines is 1. The molecule has 0 radical (unpaired) electrons. The number of aromatic nitrogens is 4. The molecular weight excluding hydrogens is 443 g/mol. The fourth-order valence-corrected chi connectivity index (χ4v) is 4.96. The van der Waals surface area contributed by atoms with Crippen molar-refractivity contribution >= 4 is 28.0 Å². The highest BCUT2D eigenvalue weighted by atomic mass is 19.1. The number of nitrogens with one attached hydrogen (secondary N) is 2. The van der Waals surface area contributed by atoms with Crippen LogP contribution in [0.15, 0.2) is 78.1 Å². The van der Waals surface area contributed by atoms with E-state index in [4.69, 9.17) is 0 Å². The largest absolute Gasteiger partial charge is 0.385 e. The predicted octanol–water partition coefficient (Wildman–Crippen LogP) is 5.02. The summed E-state index contributed by atoms with van der Waals surface area (Å²) < 4.78 is 17.5. The Kier molecular flexibility index (Phi) is 5.13. The predicted molar refractivity (Wildman–Crippen MR) is 137 cm³/mol. The van der Waals surface area contributed by atoms with E-state index < -0.39 is 0 Å². The van der Waals surface area contributed by atoms with Crippen molar-refractivity contribution in [3.63, 3.8) is 0 Å². The van der Waals surface area contributed by atoms with E-state index in [9.17, 15) is 9.18 Å². The van der Waals surface area contributed by atoms with Crippen molar-refractivity contribution in [3.05, 3.63) is 95.1 Å². The maximum absolute atomic E-state index is 13.7. The van der Waals surface area contributed by atoms with Gasteiger partial charge in [0.25, 0.3) is 5.56 Å². The molecule has 0 unspecified atom stereocenters. The van der Waals surface area contributed by atoms with E-state index in [1.54, 1.807) is 24.5 Å². The van der Waals surface area contributed by atoms with E-state index in [0.29, 0.717) is 12.1 Å². The van der Waals surface area contributed by atoms with Crippen LogP contribution in [0.5, 0.6) is 0 Å². The van der Waals surface area contributed by atoms with Crippen LogP contribution in [0.3, 0.4) is 0 Å². The van der Waals surface area contributed by atoms with Gasteiger partial charge in [-0.3, -0.25) is 9.48 Å². The molecule has 3 aromatic heterocycles. The van der Waals surface area contributed by atoms with Gasteiger partial charge in [-0.25, -0.2) is 4.39 Å². The van der Waals surface area contributed by atoms with Gasteiger partial charge in [0.05, 0.1) is 6.54 Å². The second-order valence-electron chi connectivity index (χ2n) is 8.86. The summed E-state index contributed by atoms with van der Waals surface area (Å²) in [6, 6.07) is 14.8. The first-order chi connectivity index (χ1) is 17.1. The quantitative estimate of drug-likeness (QED) is 0.343. The third kappa shape index (κ3) is 3.77. The second-order valence-corrected chi connectivity index (χ2v) is 8.86. The van der Waals surface area contributed by atoms with Crippen molar-refractivity contribution in [3.8, 4) is 11.1 Å². The number of benzene rings is 2. The van der Waals surface area contributed by atoms with Gasteiger partial charge in [-0.15, -0.1) is 0 Å². The van der Waals surface area contributed by atoms with Crippen molar-refractivity contribution in [1.82, 2.24) is 19.3 Å². The minimum absolute atomic E-state index is 0.109. The van der Waals surface area contributed by atoms with Gasteiger partial charge in [-0.1, -0.05) is 0 Å². The van der Waals surface area contributed by atoms with Crippen molar-refractivity contribution in [2.75, 3.05) is 16.8 Å². The number of hydrogen-bond donors (Lipinski definition) is 2. The van der Waals surface area contributed by atoms with Gasteiger partial charge in [-0.05, 0) is 60.5 Å². The van der Waals surface area contributed by atoms with Crippen LogP contribution in [0.4, 0.5) is 21.5 Å². The Bertz CT molecular complexity index is 1570. The summed E-state index contributed by atoms with van der Waals surface area (Å²) >= 11 is 0. The molecule has 0 atom stereocenters. The van der Waals surface area contributed by atoms with Gasteiger partial charge in [0.15, 0.2) is 0 Å². The summed E-state index contributed by atoms with van der Waals surface area (Å²) in [5.74, 6) is -0.270. The molecule has 35 heavy (non-hydrogen) atoms. The molecule has 5 aromatic rings. The van der Waals surface area contributed by atoms with E-state index in [0.717, 1.165) is 58.6 Å². The van der Waals surface area contributed by atoms with Gasteiger partial charge in [0.2, 0.25) is 0 Å². The Balaban J connectivity index is 1.42. The summed E-state index contributed by atoms with van der Waals surface area (Å²) in [5.41, 5.74) is 6.52. The number of hydrogen-bond acceptors (Lipinski definition) is 4. The summed E-state index contributed by atoms with van der Waals surface area (Å²) in [4.78, 5) is 17.8. The molecule has 6 rings (SSSR count). The normalized spacial score (nSPS) is 12.6. The maximum Gasteiger partial charge on any atom is 0.272 e. The minimum Gasteiger partial charge on any atom is -0.385 e. The lowest BCUT2D eigenvalue weighted by molar-refractivity contribution is 0.592. The smallest absolute Gasteiger partial charge is 0.272 e. The Labute approximate surface area is 201 Å². The Morgan fingerprint density at radius 1 is 1.14 bits per heavy atom. The maximum atomic E-state index is 13.7. The number of pyridine rings is 1. The first kappa shape index (κ1) is 21.2. The number of H-pyrrole nitrogens is 1. The molecule has 4 heterocycles. The summed E-state index contributed by atoms with van der Waals surface area (Å²) in [6.45, 7) is 2.21. The van der Waals surface area contributed by atoms with Gasteiger partial charge in [-0.2, -0.15) is 5.10 Å². The van der Waals surface area contributed by atoms with E-state index in [1.165, 1.54) is 12.1 Å². The summed E-state index contributed by atoms with van der Waals surface area (Å²) in [6.07, 6.45) is 8.51. The fraction of sp³-hybridized carbons (Fsp3) is 0.185. The lowest BCUT2D eigenvalue weighted by Crippen LogP contribution is -2.18. The minimum atomic E-state index is -0.270. The third-order valence-electron chi connectivity index (χ3n) is 6.59. The van der Waals surface area contributed by atoms with E-state index in [2.05, 4.69) is 38.5 Å². The first-order valence-corrected chi connectivity index (χ1v) is 11.7. The van der Waals surface area contributed by atoms with Gasteiger partial charge < -0.3 is 19.8 Å². The standard InChI is InChI=1S/C27H25FN6O/c1-32-17-23-22-14-20(29-10-2-12-33-13-3-11-31-33)6-9-24(22)34(21-7-4-19(28)5-8-21)16-18-15-30-27(35)26(32)25(18)23/h3-9,11,13-15,17,29H,2,10,12,16H2,1H3,(H,30,35). The molecule has 2 N–H and O–H groups in total. The van der Waals surface area contributed by atoms with Crippen LogP contribution >= 0.6 is 0 Å². The second kappa shape index (κ2) is 8.47. The number of anilines is 3. The monoisotopic (exact) mass is 468 g/mol. The van der Waals surface area contributed by atoms with Gasteiger partial charge in [0.1, 0.15) is 11.3 Å². The molecule has 0 saturated heterocycles. The zero-order valence-corrected chi connectivity index (χ0v) is 19.3. The lowest BCUT2D eigenvalue weighted by atomic mass is 10.0. The summed E-state index contributed by atoms with van der Waals surface area (Å²) in [5, 5.41) is 8.74. The number of fused-ring (bicyclic) bond motifs is 2. The van der Waals surface area contributed by atoms with Gasteiger partial charge >= 0.3 is 0 Å². The molecule has 7 nitrogen and oxygen atoms in total. The molecule has 0 fully saturated rings. The molecule has 2 aromatic carbocycles. The van der Waals surface area contributed by atoms with Crippen LogP contribution in [0.2, 0.25) is 0 Å². The third-order valence-corrected chi connectivity index (χ3v) is 6.59. The number of halogens is 1. The number of nitrogens with zero attached hydrogens (tertiary/aromatic N) is 4. The van der Waals surface area contributed by atoms with Crippen molar-refractivity contribution < 1.29 is 4.39 Å². The average molecular weight is 469 g/mol. The van der Waals surface area contributed by atoms with Gasteiger partial charge in [0, 0.05) is 78.5 Å². The zero-order chi connectivity index (χ0) is 23.9. The van der Waals surface area contributed by atoms with Crippen LogP contribution < -0.4 is 15.8 Å². The van der Waals surface area contributed by atoms with Crippen LogP contribution in [-0.4, -0.2) is 25.9 Å². The number of rotatable bonds is 6. The van der Waals surface area contributed by atoms with E-state index in [1.807, 2.05) is 34.8 Å². The molecule has 0 amide bonds. The highest BCUT2D eigenvalue weighted by Crippen LogP contribution is 2.44. The average Bonchev–Trinajstić information content (AvgIpc) is 3.48. The van der Waals surface area contributed by atoms with Crippen molar-refractivity contribution in [2.24, 2.45) is 7.05 Å². The molecule has 0 aliphatic carbocycles. The zero-order valence-electron chi connectivity index (χ0n) is 19.3. The van der Waals surface area contributed by atoms with E-state index >= 15 is 0 Å². The SMILES string of the molecule is Cn1cc2c3c(c[nH]c(=O)c31)CN(c1ccc(F)cc1)c1ccc(NCCCn3cccn3)cc1-2. The highest BCUT2D eigenvalue weighted by Gasteiger charge is 2.26. The molecule has 176 valence electrons. The van der Waals surface area contributed by atoms with Crippen LogP contribution in [0, 0.1) is 5.82 Å². The molecular formula is C27H25FN6O. The molecule has 8 heteroatoms. The van der Waals surface area contributed by atoms with Crippen molar-refractivity contribution in [2.45, 2.75) is 19.5 Å². The summed E-state index contributed by atoms with van der Waals surface area (Å²) in [7, 11) is 1.90. The molecule has 1 aliphatic rings. The molecule has 1 aliphatic heterocycles. The Hall–Kier alpha value is -4.33. The topological polar surface area (TPSA) is 70.9 Å². The molecule has 0 saturated carbocycles. The Morgan fingerprint density at radius 3 is 2.80 bits per heavy atom. The Morgan fingerprint density at radius 2 is 2.00 bits per heavy atom. The molecule has 0 bridgehead atoms. The van der Waals surface area contributed by atoms with E-state index in [-0.39, 0.29) is 11.4 Å².